The first kappa shape index (κ1) is 14.2. The molecular weight excluding hydrogens is 210 g/mol. The summed E-state index contributed by atoms with van der Waals surface area (Å²) >= 11 is 0. The molecule has 1 aromatic heterocycles. The lowest BCUT2D eigenvalue weighted by atomic mass is 9.83. The molecule has 96 valence electrons. The van der Waals surface area contributed by atoms with Crippen molar-refractivity contribution in [2.75, 3.05) is 0 Å². The molecule has 0 fully saturated rings. The van der Waals surface area contributed by atoms with Gasteiger partial charge in [0, 0.05) is 12.4 Å². The van der Waals surface area contributed by atoms with Crippen molar-refractivity contribution in [2.24, 2.45) is 11.3 Å². The van der Waals surface area contributed by atoms with Crippen molar-refractivity contribution in [1.82, 2.24) is 4.98 Å². The van der Waals surface area contributed by atoms with Crippen LogP contribution >= 0.6 is 0 Å². The van der Waals surface area contributed by atoms with Gasteiger partial charge >= 0.3 is 0 Å². The molecule has 1 rings (SSSR count). The van der Waals surface area contributed by atoms with Crippen LogP contribution in [0.4, 0.5) is 0 Å². The Labute approximate surface area is 105 Å². The zero-order valence-corrected chi connectivity index (χ0v) is 11.5. The van der Waals surface area contributed by atoms with Crippen LogP contribution in [0.3, 0.4) is 0 Å². The minimum Gasteiger partial charge on any atom is -0.393 e. The number of pyridine rings is 1. The van der Waals surface area contributed by atoms with Crippen LogP contribution in [0.1, 0.15) is 46.1 Å². The molecule has 0 saturated heterocycles. The van der Waals surface area contributed by atoms with E-state index in [0.717, 1.165) is 24.8 Å². The maximum Gasteiger partial charge on any atom is 0.0583 e. The molecule has 0 spiro atoms. The SMILES string of the molecule is CC(CC(O)Cc1ccncc1)CC(C)(C)C. The Balaban J connectivity index is 2.37. The second kappa shape index (κ2) is 6.15. The van der Waals surface area contributed by atoms with Crippen LogP contribution in [0.25, 0.3) is 0 Å². The molecule has 0 saturated carbocycles. The number of hydrogen-bond donors (Lipinski definition) is 1. The van der Waals surface area contributed by atoms with Crippen molar-refractivity contribution < 1.29 is 5.11 Å². The number of aromatic nitrogens is 1. The second-order valence-electron chi connectivity index (χ2n) is 6.32. The van der Waals surface area contributed by atoms with E-state index in [2.05, 4.69) is 32.7 Å². The van der Waals surface area contributed by atoms with Gasteiger partial charge in [-0.25, -0.2) is 0 Å². The van der Waals surface area contributed by atoms with Gasteiger partial charge < -0.3 is 5.11 Å². The lowest BCUT2D eigenvalue weighted by molar-refractivity contribution is 0.133. The normalized spacial score (nSPS) is 15.6. The molecule has 1 N–H and O–H groups in total. The zero-order valence-electron chi connectivity index (χ0n) is 11.5. The predicted molar refractivity (Wildman–Crippen MR) is 71.8 cm³/mol. The fourth-order valence-corrected chi connectivity index (χ4v) is 2.47. The average molecular weight is 235 g/mol. The Hall–Kier alpha value is -0.890. The maximum atomic E-state index is 10.0. The van der Waals surface area contributed by atoms with Crippen LogP contribution in [0, 0.1) is 11.3 Å². The lowest BCUT2D eigenvalue weighted by Gasteiger charge is -2.24. The van der Waals surface area contributed by atoms with Gasteiger partial charge in [0.1, 0.15) is 0 Å². The number of aliphatic hydroxyl groups is 1. The molecule has 2 atom stereocenters. The Bertz CT molecular complexity index is 315. The highest BCUT2D eigenvalue weighted by atomic mass is 16.3. The molecule has 2 unspecified atom stereocenters. The Morgan fingerprint density at radius 3 is 2.35 bits per heavy atom. The summed E-state index contributed by atoms with van der Waals surface area (Å²) in [5, 5.41) is 10.0. The van der Waals surface area contributed by atoms with E-state index in [-0.39, 0.29) is 6.10 Å². The van der Waals surface area contributed by atoms with E-state index < -0.39 is 0 Å². The summed E-state index contributed by atoms with van der Waals surface area (Å²) in [6.45, 7) is 8.97. The predicted octanol–water partition coefficient (Wildman–Crippen LogP) is 3.45. The van der Waals surface area contributed by atoms with Gasteiger partial charge in [0.05, 0.1) is 6.10 Å². The van der Waals surface area contributed by atoms with Gasteiger partial charge in [0.15, 0.2) is 0 Å². The van der Waals surface area contributed by atoms with Gasteiger partial charge in [-0.1, -0.05) is 27.7 Å². The van der Waals surface area contributed by atoms with Crippen LogP contribution in [-0.2, 0) is 6.42 Å². The lowest BCUT2D eigenvalue weighted by Crippen LogP contribution is -2.18. The molecule has 1 heterocycles. The highest BCUT2D eigenvalue weighted by molar-refractivity contribution is 5.10. The first-order chi connectivity index (χ1) is 7.87. The highest BCUT2D eigenvalue weighted by Gasteiger charge is 2.18. The monoisotopic (exact) mass is 235 g/mol. The van der Waals surface area contributed by atoms with Crippen molar-refractivity contribution in [3.05, 3.63) is 30.1 Å². The molecule has 0 bridgehead atoms. The van der Waals surface area contributed by atoms with E-state index in [1.165, 1.54) is 0 Å². The fraction of sp³-hybridized carbons (Fsp3) is 0.667. The summed E-state index contributed by atoms with van der Waals surface area (Å²) in [4.78, 5) is 3.98. The van der Waals surface area contributed by atoms with E-state index in [4.69, 9.17) is 0 Å². The van der Waals surface area contributed by atoms with Gasteiger partial charge in [-0.05, 0) is 48.3 Å². The standard InChI is InChI=1S/C15H25NO/c1-12(11-15(2,3)4)9-14(17)10-13-5-7-16-8-6-13/h5-8,12,14,17H,9-11H2,1-4H3. The number of nitrogens with zero attached hydrogens (tertiary/aromatic N) is 1. The van der Waals surface area contributed by atoms with Crippen LogP contribution in [0.2, 0.25) is 0 Å². The molecule has 0 aromatic carbocycles. The van der Waals surface area contributed by atoms with Crippen molar-refractivity contribution in [2.45, 2.75) is 53.1 Å². The van der Waals surface area contributed by atoms with E-state index in [1.54, 1.807) is 12.4 Å². The molecule has 0 amide bonds. The number of rotatable bonds is 5. The van der Waals surface area contributed by atoms with Crippen LogP contribution in [0.5, 0.6) is 0 Å². The average Bonchev–Trinajstić information content (AvgIpc) is 2.15. The maximum absolute atomic E-state index is 10.0. The first-order valence-electron chi connectivity index (χ1n) is 6.44. The van der Waals surface area contributed by atoms with Crippen LogP contribution in [0.15, 0.2) is 24.5 Å². The summed E-state index contributed by atoms with van der Waals surface area (Å²) in [7, 11) is 0. The molecule has 0 aliphatic carbocycles. The van der Waals surface area contributed by atoms with E-state index in [0.29, 0.717) is 11.3 Å². The number of aliphatic hydroxyl groups excluding tert-OH is 1. The molecule has 2 nitrogen and oxygen atoms in total. The smallest absolute Gasteiger partial charge is 0.0583 e. The quantitative estimate of drug-likeness (QED) is 0.848. The summed E-state index contributed by atoms with van der Waals surface area (Å²) in [5.41, 5.74) is 1.51. The van der Waals surface area contributed by atoms with Gasteiger partial charge in [-0.3, -0.25) is 4.98 Å². The molecule has 0 aliphatic rings. The van der Waals surface area contributed by atoms with Crippen molar-refractivity contribution in [1.29, 1.82) is 0 Å². The van der Waals surface area contributed by atoms with Crippen molar-refractivity contribution in [3.63, 3.8) is 0 Å². The third kappa shape index (κ3) is 6.42. The Morgan fingerprint density at radius 2 is 1.82 bits per heavy atom. The van der Waals surface area contributed by atoms with Gasteiger partial charge in [-0.2, -0.15) is 0 Å². The molecule has 1 aromatic rings. The summed E-state index contributed by atoms with van der Waals surface area (Å²) in [6, 6.07) is 3.94. The summed E-state index contributed by atoms with van der Waals surface area (Å²) < 4.78 is 0. The third-order valence-electron chi connectivity index (χ3n) is 2.86. The third-order valence-corrected chi connectivity index (χ3v) is 2.86. The van der Waals surface area contributed by atoms with E-state index >= 15 is 0 Å². The zero-order chi connectivity index (χ0) is 12.9. The molecule has 0 aliphatic heterocycles. The van der Waals surface area contributed by atoms with Crippen molar-refractivity contribution in [3.8, 4) is 0 Å². The molecule has 2 heteroatoms. The Kier molecular flexibility index (Phi) is 5.13. The van der Waals surface area contributed by atoms with Gasteiger partial charge in [-0.15, -0.1) is 0 Å². The molecular formula is C15H25NO. The fourth-order valence-electron chi connectivity index (χ4n) is 2.47. The molecule has 0 radical (unpaired) electrons. The topological polar surface area (TPSA) is 33.1 Å². The Morgan fingerprint density at radius 1 is 1.24 bits per heavy atom. The summed E-state index contributed by atoms with van der Waals surface area (Å²) in [5.74, 6) is 0.562. The van der Waals surface area contributed by atoms with E-state index in [1.807, 2.05) is 12.1 Å². The highest BCUT2D eigenvalue weighted by Crippen LogP contribution is 2.27. The summed E-state index contributed by atoms with van der Waals surface area (Å²) in [6.07, 6.45) is 6.08. The number of hydrogen-bond acceptors (Lipinski definition) is 2. The van der Waals surface area contributed by atoms with Gasteiger partial charge in [0.25, 0.3) is 0 Å². The molecule has 17 heavy (non-hydrogen) atoms. The second-order valence-corrected chi connectivity index (χ2v) is 6.32. The van der Waals surface area contributed by atoms with Gasteiger partial charge in [0.2, 0.25) is 0 Å². The van der Waals surface area contributed by atoms with E-state index in [9.17, 15) is 5.11 Å². The first-order valence-corrected chi connectivity index (χ1v) is 6.44. The van der Waals surface area contributed by atoms with Crippen LogP contribution in [-0.4, -0.2) is 16.2 Å². The largest absolute Gasteiger partial charge is 0.393 e. The minimum atomic E-state index is -0.241. The van der Waals surface area contributed by atoms with Crippen molar-refractivity contribution >= 4 is 0 Å². The van der Waals surface area contributed by atoms with Crippen LogP contribution < -0.4 is 0 Å². The minimum absolute atomic E-state index is 0.241.